The highest BCUT2D eigenvalue weighted by molar-refractivity contribution is 6.31. The number of halogens is 1. The molecule has 0 spiro atoms. The van der Waals surface area contributed by atoms with Gasteiger partial charge in [0.2, 0.25) is 0 Å². The summed E-state index contributed by atoms with van der Waals surface area (Å²) in [6, 6.07) is 15.1. The van der Waals surface area contributed by atoms with Crippen LogP contribution in [0.2, 0.25) is 5.02 Å². The second kappa shape index (κ2) is 6.30. The molecular weight excluding hydrogens is 336 g/mol. The van der Waals surface area contributed by atoms with Gasteiger partial charge in [-0.1, -0.05) is 29.8 Å². The number of furan rings is 1. The minimum absolute atomic E-state index is 0.0245. The van der Waals surface area contributed by atoms with E-state index in [2.05, 4.69) is 16.4 Å². The van der Waals surface area contributed by atoms with Gasteiger partial charge in [0, 0.05) is 33.6 Å². The van der Waals surface area contributed by atoms with E-state index in [1.54, 1.807) is 24.3 Å². The first-order valence-electron chi connectivity index (χ1n) is 8.15. The number of aromatic nitrogens is 1. The Morgan fingerprint density at radius 3 is 2.96 bits per heavy atom. The number of para-hydroxylation sites is 1. The molecule has 5 heteroatoms. The van der Waals surface area contributed by atoms with Crippen molar-refractivity contribution >= 4 is 39.4 Å². The minimum atomic E-state index is -0.223. The van der Waals surface area contributed by atoms with Crippen LogP contribution in [0.15, 0.2) is 59.1 Å². The summed E-state index contributed by atoms with van der Waals surface area (Å²) in [6.07, 6.45) is 2.73. The van der Waals surface area contributed by atoms with Crippen molar-refractivity contribution in [2.75, 3.05) is 0 Å². The fraction of sp³-hybridized carbons (Fsp3) is 0.150. The van der Waals surface area contributed by atoms with Crippen molar-refractivity contribution in [1.82, 2.24) is 10.3 Å². The summed E-state index contributed by atoms with van der Waals surface area (Å²) in [5.74, 6) is 0.0720. The Balaban J connectivity index is 1.49. The molecule has 0 fully saturated rings. The summed E-state index contributed by atoms with van der Waals surface area (Å²) < 4.78 is 5.61. The molecule has 0 bridgehead atoms. The molecule has 0 saturated heterocycles. The van der Waals surface area contributed by atoms with E-state index in [4.69, 9.17) is 16.0 Å². The van der Waals surface area contributed by atoms with Crippen LogP contribution in [0.4, 0.5) is 0 Å². The van der Waals surface area contributed by atoms with Crippen molar-refractivity contribution in [2.24, 2.45) is 0 Å². The van der Waals surface area contributed by atoms with Gasteiger partial charge in [-0.3, -0.25) is 4.79 Å². The van der Waals surface area contributed by atoms with Crippen molar-refractivity contribution in [1.29, 1.82) is 0 Å². The number of H-pyrrole nitrogens is 1. The predicted molar refractivity (Wildman–Crippen MR) is 100 cm³/mol. The lowest BCUT2D eigenvalue weighted by molar-refractivity contribution is 0.0914. The third kappa shape index (κ3) is 3.13. The fourth-order valence-corrected chi connectivity index (χ4v) is 3.28. The van der Waals surface area contributed by atoms with Crippen LogP contribution in [0.5, 0.6) is 0 Å². The van der Waals surface area contributed by atoms with Crippen LogP contribution in [0.3, 0.4) is 0 Å². The molecule has 4 rings (SSSR count). The molecule has 4 nitrogen and oxygen atoms in total. The monoisotopic (exact) mass is 352 g/mol. The van der Waals surface area contributed by atoms with Crippen molar-refractivity contribution in [2.45, 2.75) is 19.4 Å². The highest BCUT2D eigenvalue weighted by Crippen LogP contribution is 2.23. The lowest BCUT2D eigenvalue weighted by atomic mass is 10.1. The Morgan fingerprint density at radius 2 is 2.08 bits per heavy atom. The van der Waals surface area contributed by atoms with Crippen LogP contribution in [0.1, 0.15) is 23.0 Å². The van der Waals surface area contributed by atoms with E-state index in [-0.39, 0.29) is 11.9 Å². The van der Waals surface area contributed by atoms with E-state index < -0.39 is 0 Å². The highest BCUT2D eigenvalue weighted by Gasteiger charge is 2.16. The molecule has 0 aliphatic carbocycles. The van der Waals surface area contributed by atoms with Crippen molar-refractivity contribution in [3.63, 3.8) is 0 Å². The standard InChI is InChI=1S/C20H17ClN2O2/c1-12(8-14-11-22-17-5-3-2-4-16(14)17)23-20(24)19-10-13-9-15(21)6-7-18(13)25-19/h2-7,9-12,22H,8H2,1H3,(H,23,24)/t12-/m1/s1. The molecule has 126 valence electrons. The molecule has 0 aliphatic heterocycles. The van der Waals surface area contributed by atoms with Gasteiger partial charge in [-0.15, -0.1) is 0 Å². The number of nitrogens with one attached hydrogen (secondary N) is 2. The summed E-state index contributed by atoms with van der Waals surface area (Å²) in [4.78, 5) is 15.7. The van der Waals surface area contributed by atoms with E-state index in [9.17, 15) is 4.79 Å². The van der Waals surface area contributed by atoms with Gasteiger partial charge in [-0.2, -0.15) is 0 Å². The number of fused-ring (bicyclic) bond motifs is 2. The SMILES string of the molecule is C[C@H](Cc1c[nH]c2ccccc12)NC(=O)c1cc2cc(Cl)ccc2o1. The zero-order chi connectivity index (χ0) is 17.4. The topological polar surface area (TPSA) is 58.0 Å². The molecule has 0 unspecified atom stereocenters. The summed E-state index contributed by atoms with van der Waals surface area (Å²) in [5, 5.41) is 5.62. The summed E-state index contributed by atoms with van der Waals surface area (Å²) in [7, 11) is 0. The van der Waals surface area contributed by atoms with Crippen molar-refractivity contribution in [3.8, 4) is 0 Å². The fourth-order valence-electron chi connectivity index (χ4n) is 3.10. The smallest absolute Gasteiger partial charge is 0.287 e. The third-order valence-electron chi connectivity index (χ3n) is 4.28. The average molecular weight is 353 g/mol. The van der Waals surface area contributed by atoms with Gasteiger partial charge < -0.3 is 14.7 Å². The van der Waals surface area contributed by atoms with E-state index >= 15 is 0 Å². The molecule has 0 aliphatic rings. The second-order valence-corrected chi connectivity index (χ2v) is 6.67. The van der Waals surface area contributed by atoms with Crippen LogP contribution >= 0.6 is 11.6 Å². The molecular formula is C20H17ClN2O2. The molecule has 1 amide bonds. The molecule has 2 heterocycles. The van der Waals surface area contributed by atoms with E-state index in [0.29, 0.717) is 16.4 Å². The number of hydrogen-bond donors (Lipinski definition) is 2. The van der Waals surface area contributed by atoms with Crippen LogP contribution in [-0.2, 0) is 6.42 Å². The Morgan fingerprint density at radius 1 is 1.24 bits per heavy atom. The second-order valence-electron chi connectivity index (χ2n) is 6.23. The third-order valence-corrected chi connectivity index (χ3v) is 4.52. The summed E-state index contributed by atoms with van der Waals surface area (Å²) >= 11 is 5.97. The number of carbonyl (C=O) groups excluding carboxylic acids is 1. The van der Waals surface area contributed by atoms with Crippen molar-refractivity contribution < 1.29 is 9.21 Å². The van der Waals surface area contributed by atoms with Gasteiger partial charge in [0.05, 0.1) is 0 Å². The first-order chi connectivity index (χ1) is 12.1. The Labute approximate surface area is 149 Å². The van der Waals surface area contributed by atoms with Crippen LogP contribution in [-0.4, -0.2) is 16.9 Å². The first kappa shape index (κ1) is 15.8. The number of carbonyl (C=O) groups is 1. The lowest BCUT2D eigenvalue weighted by Gasteiger charge is -2.12. The van der Waals surface area contributed by atoms with Gasteiger partial charge in [-0.25, -0.2) is 0 Å². The molecule has 2 aromatic carbocycles. The number of hydrogen-bond acceptors (Lipinski definition) is 2. The minimum Gasteiger partial charge on any atom is -0.451 e. The van der Waals surface area contributed by atoms with Crippen LogP contribution in [0, 0.1) is 0 Å². The summed E-state index contributed by atoms with van der Waals surface area (Å²) in [6.45, 7) is 1.99. The Hall–Kier alpha value is -2.72. The number of aromatic amines is 1. The summed E-state index contributed by atoms with van der Waals surface area (Å²) in [5.41, 5.74) is 2.93. The Bertz CT molecular complexity index is 1060. The first-order valence-corrected chi connectivity index (χ1v) is 8.53. The zero-order valence-electron chi connectivity index (χ0n) is 13.7. The van der Waals surface area contributed by atoms with Crippen molar-refractivity contribution in [3.05, 3.63) is 71.1 Å². The molecule has 25 heavy (non-hydrogen) atoms. The molecule has 2 N–H and O–H groups in total. The molecule has 0 saturated carbocycles. The quantitative estimate of drug-likeness (QED) is 0.547. The zero-order valence-corrected chi connectivity index (χ0v) is 14.4. The number of rotatable bonds is 4. The molecule has 2 aromatic heterocycles. The highest BCUT2D eigenvalue weighted by atomic mass is 35.5. The maximum Gasteiger partial charge on any atom is 0.287 e. The van der Waals surface area contributed by atoms with Gasteiger partial charge in [0.15, 0.2) is 5.76 Å². The number of benzene rings is 2. The van der Waals surface area contributed by atoms with Crippen LogP contribution in [0.25, 0.3) is 21.9 Å². The van der Waals surface area contributed by atoms with E-state index in [1.807, 2.05) is 31.3 Å². The van der Waals surface area contributed by atoms with Gasteiger partial charge in [0.25, 0.3) is 5.91 Å². The number of amides is 1. The normalized spacial score (nSPS) is 12.6. The van der Waals surface area contributed by atoms with Crippen LogP contribution < -0.4 is 5.32 Å². The molecule has 0 radical (unpaired) electrons. The van der Waals surface area contributed by atoms with Gasteiger partial charge >= 0.3 is 0 Å². The maximum atomic E-state index is 12.5. The maximum absolute atomic E-state index is 12.5. The molecule has 4 aromatic rings. The average Bonchev–Trinajstić information content (AvgIpc) is 3.19. The lowest BCUT2D eigenvalue weighted by Crippen LogP contribution is -2.33. The van der Waals surface area contributed by atoms with E-state index in [0.717, 1.165) is 17.3 Å². The molecule has 1 atom stereocenters. The van der Waals surface area contributed by atoms with Gasteiger partial charge in [-0.05, 0) is 49.2 Å². The van der Waals surface area contributed by atoms with E-state index in [1.165, 1.54) is 10.9 Å². The largest absolute Gasteiger partial charge is 0.451 e. The predicted octanol–water partition coefficient (Wildman–Crippen LogP) is 4.93. The van der Waals surface area contributed by atoms with Gasteiger partial charge in [0.1, 0.15) is 5.58 Å². The Kier molecular flexibility index (Phi) is 3.98.